The van der Waals surface area contributed by atoms with E-state index in [1.807, 2.05) is 84.5 Å². The molecule has 0 bridgehead atoms. The van der Waals surface area contributed by atoms with Gasteiger partial charge >= 0.3 is 0 Å². The predicted molar refractivity (Wildman–Crippen MR) is 120 cm³/mol. The Kier molecular flexibility index (Phi) is 6.12. The lowest BCUT2D eigenvalue weighted by atomic mass is 10.1. The summed E-state index contributed by atoms with van der Waals surface area (Å²) in [4.78, 5) is 4.55. The molecule has 0 aliphatic carbocycles. The van der Waals surface area contributed by atoms with Gasteiger partial charge in [-0.1, -0.05) is 35.9 Å². The number of aryl methyl sites for hydroxylation is 1. The summed E-state index contributed by atoms with van der Waals surface area (Å²) in [6, 6.07) is 21.6. The monoisotopic (exact) mass is 418 g/mol. The van der Waals surface area contributed by atoms with Crippen LogP contribution in [0.25, 0.3) is 16.9 Å². The number of halogens is 1. The molecule has 0 saturated carbocycles. The fourth-order valence-corrected chi connectivity index (χ4v) is 3.53. The molecule has 0 unspecified atom stereocenters. The predicted octanol–water partition coefficient (Wildman–Crippen LogP) is 5.19. The van der Waals surface area contributed by atoms with Gasteiger partial charge in [0.2, 0.25) is 0 Å². The van der Waals surface area contributed by atoms with Crippen molar-refractivity contribution in [3.63, 3.8) is 0 Å². The highest BCUT2D eigenvalue weighted by Gasteiger charge is 2.15. The van der Waals surface area contributed by atoms with E-state index < -0.39 is 0 Å². The highest BCUT2D eigenvalue weighted by molar-refractivity contribution is 6.33. The van der Waals surface area contributed by atoms with Crippen LogP contribution in [0.15, 0.2) is 72.9 Å². The van der Waals surface area contributed by atoms with Crippen molar-refractivity contribution in [1.29, 1.82) is 0 Å². The van der Waals surface area contributed by atoms with Crippen LogP contribution >= 0.6 is 11.6 Å². The third-order valence-corrected chi connectivity index (χ3v) is 5.15. The molecule has 0 atom stereocenters. The summed E-state index contributed by atoms with van der Waals surface area (Å²) in [5.74, 6) is 0.810. The minimum absolute atomic E-state index is 0.645. The fraction of sp³-hybridized carbons (Fsp3) is 0.167. The maximum absolute atomic E-state index is 6.48. The average molecular weight is 419 g/mol. The minimum atomic E-state index is 0.645. The third-order valence-electron chi connectivity index (χ3n) is 4.82. The lowest BCUT2D eigenvalue weighted by molar-refractivity contribution is 0.414. The van der Waals surface area contributed by atoms with Crippen molar-refractivity contribution < 1.29 is 4.74 Å². The van der Waals surface area contributed by atoms with Crippen LogP contribution in [0.4, 0.5) is 0 Å². The van der Waals surface area contributed by atoms with Gasteiger partial charge in [0.25, 0.3) is 0 Å². The van der Waals surface area contributed by atoms with Crippen molar-refractivity contribution in [1.82, 2.24) is 20.1 Å². The van der Waals surface area contributed by atoms with Crippen molar-refractivity contribution >= 4 is 11.6 Å². The van der Waals surface area contributed by atoms with Crippen LogP contribution in [-0.2, 0) is 13.1 Å². The summed E-state index contributed by atoms with van der Waals surface area (Å²) < 4.78 is 7.13. The second-order valence-corrected chi connectivity index (χ2v) is 7.41. The SMILES string of the molecule is COc1ccc(-n2cc(CNCc3cccc(C)n3)c(-c3ccccc3Cl)n2)cc1. The molecule has 152 valence electrons. The van der Waals surface area contributed by atoms with Gasteiger partial charge in [-0.05, 0) is 49.4 Å². The summed E-state index contributed by atoms with van der Waals surface area (Å²) in [6.45, 7) is 3.32. The number of aromatic nitrogens is 3. The maximum atomic E-state index is 6.48. The van der Waals surface area contributed by atoms with E-state index in [0.29, 0.717) is 18.1 Å². The Morgan fingerprint density at radius 1 is 0.967 bits per heavy atom. The molecule has 5 nitrogen and oxygen atoms in total. The van der Waals surface area contributed by atoms with Gasteiger partial charge in [-0.15, -0.1) is 0 Å². The molecule has 6 heteroatoms. The molecule has 0 saturated heterocycles. The summed E-state index contributed by atoms with van der Waals surface area (Å²) in [7, 11) is 1.66. The molecule has 0 spiro atoms. The molecule has 4 rings (SSSR count). The number of benzene rings is 2. The summed E-state index contributed by atoms with van der Waals surface area (Å²) in [6.07, 6.45) is 2.04. The highest BCUT2D eigenvalue weighted by Crippen LogP contribution is 2.30. The molecule has 0 amide bonds. The topological polar surface area (TPSA) is 52.0 Å². The normalized spacial score (nSPS) is 10.9. The number of nitrogens with zero attached hydrogens (tertiary/aromatic N) is 3. The molecular formula is C24H23ClN4O. The first-order valence-electron chi connectivity index (χ1n) is 9.75. The first-order chi connectivity index (χ1) is 14.6. The number of nitrogens with one attached hydrogen (secondary N) is 1. The number of hydrogen-bond donors (Lipinski definition) is 1. The maximum Gasteiger partial charge on any atom is 0.119 e. The molecule has 2 heterocycles. The standard InChI is InChI=1S/C24H23ClN4O/c1-17-6-5-7-19(27-17)15-26-14-18-16-29(20-10-12-21(30-2)13-11-20)28-24(18)22-8-3-4-9-23(22)25/h3-13,16,26H,14-15H2,1-2H3. The number of ether oxygens (including phenoxy) is 1. The van der Waals surface area contributed by atoms with E-state index in [0.717, 1.165) is 39.6 Å². The van der Waals surface area contributed by atoms with E-state index in [1.165, 1.54) is 0 Å². The Bertz CT molecular complexity index is 1140. The second-order valence-electron chi connectivity index (χ2n) is 7.00. The molecule has 2 aromatic heterocycles. The summed E-state index contributed by atoms with van der Waals surface area (Å²) in [5, 5.41) is 9.00. The van der Waals surface area contributed by atoms with Gasteiger partial charge in [0.1, 0.15) is 5.75 Å². The van der Waals surface area contributed by atoms with Gasteiger partial charge in [-0.25, -0.2) is 4.68 Å². The zero-order chi connectivity index (χ0) is 20.9. The largest absolute Gasteiger partial charge is 0.497 e. The molecule has 30 heavy (non-hydrogen) atoms. The molecule has 2 aromatic carbocycles. The minimum Gasteiger partial charge on any atom is -0.497 e. The zero-order valence-electron chi connectivity index (χ0n) is 17.0. The second kappa shape index (κ2) is 9.11. The molecule has 1 N–H and O–H groups in total. The third kappa shape index (κ3) is 4.53. The first kappa shape index (κ1) is 20.1. The van der Waals surface area contributed by atoms with Crippen molar-refractivity contribution in [3.05, 3.63) is 94.9 Å². The van der Waals surface area contributed by atoms with E-state index in [1.54, 1.807) is 7.11 Å². The van der Waals surface area contributed by atoms with Crippen LogP contribution in [-0.4, -0.2) is 21.9 Å². The van der Waals surface area contributed by atoms with Gasteiger partial charge in [-0.2, -0.15) is 5.10 Å². The Morgan fingerprint density at radius 3 is 2.50 bits per heavy atom. The Morgan fingerprint density at radius 2 is 1.77 bits per heavy atom. The van der Waals surface area contributed by atoms with Gasteiger partial charge in [0.15, 0.2) is 0 Å². The fourth-order valence-electron chi connectivity index (χ4n) is 3.31. The molecule has 0 radical (unpaired) electrons. The van der Waals surface area contributed by atoms with Crippen LogP contribution in [0.5, 0.6) is 5.75 Å². The Hall–Kier alpha value is -3.15. The van der Waals surface area contributed by atoms with E-state index in [9.17, 15) is 0 Å². The zero-order valence-corrected chi connectivity index (χ0v) is 17.7. The van der Waals surface area contributed by atoms with Gasteiger partial charge in [0, 0.05) is 36.1 Å². The van der Waals surface area contributed by atoms with Crippen molar-refractivity contribution in [3.8, 4) is 22.7 Å². The summed E-state index contributed by atoms with van der Waals surface area (Å²) >= 11 is 6.48. The van der Waals surface area contributed by atoms with Crippen LogP contribution in [0.1, 0.15) is 17.0 Å². The van der Waals surface area contributed by atoms with E-state index >= 15 is 0 Å². The Balaban J connectivity index is 1.63. The van der Waals surface area contributed by atoms with Crippen molar-refractivity contribution in [2.45, 2.75) is 20.0 Å². The van der Waals surface area contributed by atoms with Gasteiger partial charge in [-0.3, -0.25) is 4.98 Å². The van der Waals surface area contributed by atoms with Crippen molar-refractivity contribution in [2.75, 3.05) is 7.11 Å². The lowest BCUT2D eigenvalue weighted by Crippen LogP contribution is -2.14. The first-order valence-corrected chi connectivity index (χ1v) is 10.1. The summed E-state index contributed by atoms with van der Waals surface area (Å²) in [5.41, 5.74) is 5.82. The molecule has 0 aliphatic rings. The Labute approximate surface area is 181 Å². The molecule has 4 aromatic rings. The number of rotatable bonds is 7. The van der Waals surface area contributed by atoms with E-state index in [-0.39, 0.29) is 0 Å². The quantitative estimate of drug-likeness (QED) is 0.448. The smallest absolute Gasteiger partial charge is 0.119 e. The van der Waals surface area contributed by atoms with E-state index in [4.69, 9.17) is 21.4 Å². The number of hydrogen-bond acceptors (Lipinski definition) is 4. The van der Waals surface area contributed by atoms with Crippen LogP contribution in [0.2, 0.25) is 5.02 Å². The highest BCUT2D eigenvalue weighted by atomic mass is 35.5. The van der Waals surface area contributed by atoms with Crippen LogP contribution in [0.3, 0.4) is 0 Å². The van der Waals surface area contributed by atoms with E-state index in [2.05, 4.69) is 10.3 Å². The number of methoxy groups -OCH3 is 1. The molecule has 0 aliphatic heterocycles. The van der Waals surface area contributed by atoms with Gasteiger partial charge in [0.05, 0.1) is 29.2 Å². The van der Waals surface area contributed by atoms with Crippen LogP contribution < -0.4 is 10.1 Å². The average Bonchev–Trinajstić information content (AvgIpc) is 3.18. The lowest BCUT2D eigenvalue weighted by Gasteiger charge is -2.07. The van der Waals surface area contributed by atoms with Crippen molar-refractivity contribution in [2.24, 2.45) is 0 Å². The van der Waals surface area contributed by atoms with Crippen LogP contribution in [0, 0.1) is 6.92 Å². The number of pyridine rings is 1. The molecule has 0 fully saturated rings. The van der Waals surface area contributed by atoms with Gasteiger partial charge < -0.3 is 10.1 Å². The molecular weight excluding hydrogens is 396 g/mol.